The Kier molecular flexibility index (Phi) is 5.66. The van der Waals surface area contributed by atoms with Gasteiger partial charge in [-0.05, 0) is 6.42 Å². The van der Waals surface area contributed by atoms with E-state index in [2.05, 4.69) is 9.47 Å². The van der Waals surface area contributed by atoms with Crippen LogP contribution in [0, 0.1) is 0 Å². The number of hydrogen-bond acceptors (Lipinski definition) is 2. The van der Waals surface area contributed by atoms with Gasteiger partial charge in [0.15, 0.2) is 6.86 Å². The van der Waals surface area contributed by atoms with Crippen LogP contribution >= 0.6 is 0 Å². The van der Waals surface area contributed by atoms with E-state index in [0.29, 0.717) is 6.42 Å². The minimum absolute atomic E-state index is 0.0381. The Bertz CT molecular complexity index is 209. The molecular weight excluding hydrogens is 261 g/mol. The van der Waals surface area contributed by atoms with Gasteiger partial charge in [-0.1, -0.05) is 13.3 Å². The molecule has 0 amide bonds. The smallest absolute Gasteiger partial charge is 0.335 e. The molecule has 0 aromatic heterocycles. The molecule has 0 N–H and O–H groups in total. The summed E-state index contributed by atoms with van der Waals surface area (Å²) >= 11 is 0. The molecule has 0 bridgehead atoms. The third-order valence-corrected chi connectivity index (χ3v) is 1.81. The molecule has 104 valence electrons. The second-order valence-electron chi connectivity index (χ2n) is 3.07. The quantitative estimate of drug-likeness (QED) is 0.418. The summed E-state index contributed by atoms with van der Waals surface area (Å²) in [6.07, 6.45) is -11.5. The lowest BCUT2D eigenvalue weighted by molar-refractivity contribution is -0.473. The van der Waals surface area contributed by atoms with Gasteiger partial charge in [0.25, 0.3) is 0 Å². The second-order valence-corrected chi connectivity index (χ2v) is 3.07. The van der Waals surface area contributed by atoms with Crippen LogP contribution in [0.2, 0.25) is 0 Å². The van der Waals surface area contributed by atoms with Crippen molar-refractivity contribution in [3.05, 3.63) is 0 Å². The highest BCUT2D eigenvalue weighted by Gasteiger charge is 2.74. The maximum atomic E-state index is 12.3. The highest BCUT2D eigenvalue weighted by Crippen LogP contribution is 2.46. The molecule has 0 spiro atoms. The Balaban J connectivity index is 5.12. The SMILES string of the molecule is CCCCOC(OCF)(C(F)(F)F)C(F)(F)F. The van der Waals surface area contributed by atoms with E-state index in [4.69, 9.17) is 0 Å². The van der Waals surface area contributed by atoms with E-state index < -0.39 is 31.6 Å². The number of unbranched alkanes of at least 4 members (excludes halogenated alkanes) is 1. The van der Waals surface area contributed by atoms with E-state index in [-0.39, 0.29) is 6.42 Å². The van der Waals surface area contributed by atoms with Crippen LogP contribution < -0.4 is 0 Å². The van der Waals surface area contributed by atoms with Crippen molar-refractivity contribution in [1.82, 2.24) is 0 Å². The topological polar surface area (TPSA) is 18.5 Å². The summed E-state index contributed by atoms with van der Waals surface area (Å²) in [7, 11) is 0. The van der Waals surface area contributed by atoms with E-state index in [0.717, 1.165) is 0 Å². The van der Waals surface area contributed by atoms with Crippen LogP contribution in [0.25, 0.3) is 0 Å². The molecule has 0 fully saturated rings. The van der Waals surface area contributed by atoms with Crippen LogP contribution in [0.5, 0.6) is 0 Å². The fourth-order valence-electron chi connectivity index (χ4n) is 0.967. The van der Waals surface area contributed by atoms with Gasteiger partial charge in [0.05, 0.1) is 6.61 Å². The number of rotatable bonds is 6. The first-order valence-corrected chi connectivity index (χ1v) is 4.59. The molecule has 0 atom stereocenters. The van der Waals surface area contributed by atoms with Crippen LogP contribution in [-0.2, 0) is 9.47 Å². The molecule has 2 nitrogen and oxygen atoms in total. The van der Waals surface area contributed by atoms with Crippen molar-refractivity contribution in [1.29, 1.82) is 0 Å². The zero-order valence-electron chi connectivity index (χ0n) is 8.79. The Labute approximate surface area is 92.7 Å². The Morgan fingerprint density at radius 2 is 1.35 bits per heavy atom. The molecule has 0 aromatic rings. The van der Waals surface area contributed by atoms with Gasteiger partial charge in [-0.2, -0.15) is 26.3 Å². The standard InChI is InChI=1S/C8H11F7O2/c1-2-3-4-16-6(17-5-9,7(10,11)12)8(13,14)15/h2-5H2,1H3. The molecule has 0 saturated heterocycles. The predicted octanol–water partition coefficient (Wildman–Crippen LogP) is 3.57. The molecule has 0 aromatic carbocycles. The lowest BCUT2D eigenvalue weighted by atomic mass is 10.2. The van der Waals surface area contributed by atoms with Crippen molar-refractivity contribution in [2.45, 2.75) is 37.9 Å². The maximum Gasteiger partial charge on any atom is 0.453 e. The second kappa shape index (κ2) is 5.85. The van der Waals surface area contributed by atoms with Crippen molar-refractivity contribution >= 4 is 0 Å². The van der Waals surface area contributed by atoms with Crippen LogP contribution in [0.1, 0.15) is 19.8 Å². The minimum Gasteiger partial charge on any atom is -0.335 e. The molecule has 0 aliphatic heterocycles. The van der Waals surface area contributed by atoms with Crippen LogP contribution in [0.15, 0.2) is 0 Å². The molecule has 0 aliphatic carbocycles. The van der Waals surface area contributed by atoms with Crippen LogP contribution in [-0.4, -0.2) is 31.6 Å². The number of halogens is 7. The van der Waals surface area contributed by atoms with Crippen molar-refractivity contribution in [3.8, 4) is 0 Å². The minimum atomic E-state index is -5.91. The zero-order valence-corrected chi connectivity index (χ0v) is 8.79. The van der Waals surface area contributed by atoms with Gasteiger partial charge in [0.2, 0.25) is 0 Å². The average Bonchev–Trinajstić information content (AvgIpc) is 2.13. The summed E-state index contributed by atoms with van der Waals surface area (Å²) in [5.41, 5.74) is 0. The highest BCUT2D eigenvalue weighted by atomic mass is 19.4. The van der Waals surface area contributed by atoms with Crippen molar-refractivity contribution in [3.63, 3.8) is 0 Å². The Morgan fingerprint density at radius 3 is 1.65 bits per heavy atom. The molecule has 0 rings (SSSR count). The summed E-state index contributed by atoms with van der Waals surface area (Å²) in [6, 6.07) is 0. The largest absolute Gasteiger partial charge is 0.453 e. The fraction of sp³-hybridized carbons (Fsp3) is 1.00. The molecule has 17 heavy (non-hydrogen) atoms. The Hall–Kier alpha value is -0.570. The van der Waals surface area contributed by atoms with Crippen LogP contribution in [0.4, 0.5) is 30.7 Å². The molecule has 0 radical (unpaired) electrons. The van der Waals surface area contributed by atoms with E-state index in [1.165, 1.54) is 0 Å². The van der Waals surface area contributed by atoms with Crippen molar-refractivity contribution < 1.29 is 40.2 Å². The van der Waals surface area contributed by atoms with E-state index in [1.54, 1.807) is 6.92 Å². The van der Waals surface area contributed by atoms with Gasteiger partial charge in [0.1, 0.15) is 0 Å². The normalized spacial score (nSPS) is 14.1. The summed E-state index contributed by atoms with van der Waals surface area (Å²) in [4.78, 5) is 0. The maximum absolute atomic E-state index is 12.3. The zero-order chi connectivity index (χ0) is 13.7. The highest BCUT2D eigenvalue weighted by molar-refractivity contribution is 4.87. The van der Waals surface area contributed by atoms with Crippen molar-refractivity contribution in [2.75, 3.05) is 13.5 Å². The van der Waals surface area contributed by atoms with Gasteiger partial charge in [-0.15, -0.1) is 0 Å². The van der Waals surface area contributed by atoms with Gasteiger partial charge in [0, 0.05) is 0 Å². The predicted molar refractivity (Wildman–Crippen MR) is 42.8 cm³/mol. The molecule has 9 heteroatoms. The average molecular weight is 272 g/mol. The third-order valence-electron chi connectivity index (χ3n) is 1.81. The van der Waals surface area contributed by atoms with Gasteiger partial charge < -0.3 is 9.47 Å². The first kappa shape index (κ1) is 16.4. The Morgan fingerprint density at radius 1 is 0.882 bits per heavy atom. The van der Waals surface area contributed by atoms with E-state index in [9.17, 15) is 30.7 Å². The van der Waals surface area contributed by atoms with Gasteiger partial charge >= 0.3 is 18.1 Å². The van der Waals surface area contributed by atoms with Crippen LogP contribution in [0.3, 0.4) is 0 Å². The van der Waals surface area contributed by atoms with E-state index in [1.807, 2.05) is 0 Å². The third kappa shape index (κ3) is 3.70. The summed E-state index contributed by atoms with van der Waals surface area (Å²) in [5.74, 6) is -4.90. The van der Waals surface area contributed by atoms with Crippen molar-refractivity contribution in [2.24, 2.45) is 0 Å². The molecular formula is C8H11F7O2. The van der Waals surface area contributed by atoms with E-state index >= 15 is 0 Å². The first-order valence-electron chi connectivity index (χ1n) is 4.59. The molecule has 0 heterocycles. The summed E-state index contributed by atoms with van der Waals surface area (Å²) in [5, 5.41) is 0. The molecule has 0 saturated carbocycles. The molecule has 0 unspecified atom stereocenters. The van der Waals surface area contributed by atoms with Gasteiger partial charge in [-0.3, -0.25) is 0 Å². The lowest BCUT2D eigenvalue weighted by Gasteiger charge is -2.35. The fourth-order valence-corrected chi connectivity index (χ4v) is 0.967. The van der Waals surface area contributed by atoms with Gasteiger partial charge in [-0.25, -0.2) is 4.39 Å². The molecule has 0 aliphatic rings. The first-order chi connectivity index (χ1) is 7.62. The number of alkyl halides is 7. The number of hydrogen-bond donors (Lipinski definition) is 0. The summed E-state index contributed by atoms with van der Waals surface area (Å²) < 4.78 is 92.7. The number of ether oxygens (including phenoxy) is 2. The summed E-state index contributed by atoms with van der Waals surface area (Å²) in [6.45, 7) is -1.55. The monoisotopic (exact) mass is 272 g/mol. The lowest BCUT2D eigenvalue weighted by Crippen LogP contribution is -2.60.